The van der Waals surface area contributed by atoms with E-state index in [1.165, 1.54) is 31.3 Å². The number of halogens is 1. The van der Waals surface area contributed by atoms with Crippen LogP contribution >= 0.6 is 23.4 Å². The number of ketones is 2. The quantitative estimate of drug-likeness (QED) is 0.895. The van der Waals surface area contributed by atoms with Crippen LogP contribution in [0, 0.1) is 0 Å². The van der Waals surface area contributed by atoms with Crippen molar-refractivity contribution in [3.63, 3.8) is 0 Å². The molecule has 2 aromatic rings. The largest absolute Gasteiger partial charge is 0.495 e. The highest BCUT2D eigenvalue weighted by atomic mass is 35.5. The Morgan fingerprint density at radius 2 is 1.79 bits per heavy atom. The molecule has 24 heavy (non-hydrogen) atoms. The van der Waals surface area contributed by atoms with E-state index < -0.39 is 0 Å². The first-order chi connectivity index (χ1) is 11.6. The average molecular weight is 362 g/mol. The van der Waals surface area contributed by atoms with Gasteiger partial charge in [-0.2, -0.15) is 0 Å². The Morgan fingerprint density at radius 1 is 1.12 bits per heavy atom. The summed E-state index contributed by atoms with van der Waals surface area (Å²) < 4.78 is 5.10. The molecule has 1 heterocycles. The van der Waals surface area contributed by atoms with Crippen molar-refractivity contribution in [3.8, 4) is 5.75 Å². The molecule has 0 spiro atoms. The predicted octanol–water partition coefficient (Wildman–Crippen LogP) is 3.20. The van der Waals surface area contributed by atoms with Gasteiger partial charge in [-0.15, -0.1) is 11.8 Å². The number of hydrogen-bond donors (Lipinski definition) is 1. The number of hydrogen-bond acceptors (Lipinski definition) is 7. The van der Waals surface area contributed by atoms with Crippen molar-refractivity contribution in [2.24, 2.45) is 0 Å². The van der Waals surface area contributed by atoms with Crippen LogP contribution in [-0.4, -0.2) is 34.9 Å². The molecule has 1 aromatic heterocycles. The van der Waals surface area contributed by atoms with E-state index in [-0.39, 0.29) is 28.7 Å². The Hall–Kier alpha value is -2.38. The molecule has 0 saturated heterocycles. The number of carbonyl (C=O) groups excluding carboxylic acids is 2. The molecule has 0 atom stereocenters. The Morgan fingerprint density at radius 3 is 2.38 bits per heavy atom. The SMILES string of the molecule is COc1ccc(NC2=C(SC)C(=O)c3nccnc3C2=O)cc1Cl. The zero-order valence-electron chi connectivity index (χ0n) is 12.8. The summed E-state index contributed by atoms with van der Waals surface area (Å²) in [5.41, 5.74) is 0.852. The summed E-state index contributed by atoms with van der Waals surface area (Å²) in [5.74, 6) is -0.190. The van der Waals surface area contributed by atoms with Gasteiger partial charge >= 0.3 is 0 Å². The van der Waals surface area contributed by atoms with Gasteiger partial charge in [0.05, 0.1) is 17.0 Å². The van der Waals surface area contributed by atoms with Gasteiger partial charge in [0, 0.05) is 18.1 Å². The summed E-state index contributed by atoms with van der Waals surface area (Å²) >= 11 is 7.28. The number of carbonyl (C=O) groups is 2. The lowest BCUT2D eigenvalue weighted by molar-refractivity contribution is 0.0975. The molecule has 1 aliphatic rings. The van der Waals surface area contributed by atoms with Crippen LogP contribution in [0.4, 0.5) is 5.69 Å². The third-order valence-electron chi connectivity index (χ3n) is 3.41. The maximum atomic E-state index is 12.7. The van der Waals surface area contributed by atoms with E-state index in [4.69, 9.17) is 16.3 Å². The van der Waals surface area contributed by atoms with Crippen LogP contribution < -0.4 is 10.1 Å². The molecule has 3 rings (SSSR count). The maximum absolute atomic E-state index is 12.7. The second kappa shape index (κ2) is 6.62. The summed E-state index contributed by atoms with van der Waals surface area (Å²) in [5, 5.41) is 3.37. The summed E-state index contributed by atoms with van der Waals surface area (Å²) in [6, 6.07) is 5.00. The average Bonchev–Trinajstić information content (AvgIpc) is 2.60. The first-order valence-electron chi connectivity index (χ1n) is 6.86. The topological polar surface area (TPSA) is 81.2 Å². The van der Waals surface area contributed by atoms with Gasteiger partial charge < -0.3 is 10.1 Å². The normalized spacial score (nSPS) is 13.8. The lowest BCUT2D eigenvalue weighted by Crippen LogP contribution is -2.27. The molecule has 1 N–H and O–H groups in total. The zero-order chi connectivity index (χ0) is 17.3. The molecule has 8 heteroatoms. The molecule has 1 aliphatic carbocycles. The van der Waals surface area contributed by atoms with Crippen molar-refractivity contribution >= 4 is 40.6 Å². The zero-order valence-corrected chi connectivity index (χ0v) is 14.4. The molecular weight excluding hydrogens is 350 g/mol. The van der Waals surface area contributed by atoms with Crippen LogP contribution in [-0.2, 0) is 0 Å². The van der Waals surface area contributed by atoms with Crippen LogP contribution in [0.25, 0.3) is 0 Å². The number of rotatable bonds is 4. The minimum Gasteiger partial charge on any atom is -0.495 e. The van der Waals surface area contributed by atoms with Crippen LogP contribution in [0.15, 0.2) is 41.2 Å². The number of nitrogens with one attached hydrogen (secondary N) is 1. The predicted molar refractivity (Wildman–Crippen MR) is 92.9 cm³/mol. The second-order valence-electron chi connectivity index (χ2n) is 4.79. The van der Waals surface area contributed by atoms with Crippen molar-refractivity contribution in [1.82, 2.24) is 9.97 Å². The summed E-state index contributed by atoms with van der Waals surface area (Å²) in [4.78, 5) is 33.5. The van der Waals surface area contributed by atoms with Crippen molar-refractivity contribution < 1.29 is 14.3 Å². The lowest BCUT2D eigenvalue weighted by Gasteiger charge is -2.19. The number of ether oxygens (including phenoxy) is 1. The molecule has 0 bridgehead atoms. The molecule has 1 aromatic carbocycles. The van der Waals surface area contributed by atoms with Crippen LogP contribution in [0.5, 0.6) is 5.75 Å². The van der Waals surface area contributed by atoms with Gasteiger partial charge in [0.1, 0.15) is 22.8 Å². The first-order valence-corrected chi connectivity index (χ1v) is 8.46. The molecule has 0 unspecified atom stereocenters. The van der Waals surface area contributed by atoms with E-state index in [2.05, 4.69) is 15.3 Å². The Bertz CT molecular complexity index is 883. The van der Waals surface area contributed by atoms with Crippen molar-refractivity contribution in [2.75, 3.05) is 18.7 Å². The molecule has 122 valence electrons. The van der Waals surface area contributed by atoms with E-state index in [0.717, 1.165) is 0 Å². The maximum Gasteiger partial charge on any atom is 0.231 e. The Labute approximate surface area is 147 Å². The van der Waals surface area contributed by atoms with Gasteiger partial charge in [-0.25, -0.2) is 9.97 Å². The number of anilines is 1. The summed E-state index contributed by atoms with van der Waals surface area (Å²) in [6.45, 7) is 0. The van der Waals surface area contributed by atoms with E-state index in [9.17, 15) is 9.59 Å². The monoisotopic (exact) mass is 361 g/mol. The second-order valence-corrected chi connectivity index (χ2v) is 6.02. The number of allylic oxidation sites excluding steroid dienone is 2. The summed E-state index contributed by atoms with van der Waals surface area (Å²) in [7, 11) is 1.52. The number of benzene rings is 1. The molecule has 0 saturated carbocycles. The molecule has 6 nitrogen and oxygen atoms in total. The summed E-state index contributed by atoms with van der Waals surface area (Å²) in [6.07, 6.45) is 4.50. The highest BCUT2D eigenvalue weighted by Crippen LogP contribution is 2.32. The fraction of sp³-hybridized carbons (Fsp3) is 0.125. The number of fused-ring (bicyclic) bond motifs is 1. The van der Waals surface area contributed by atoms with E-state index in [1.807, 2.05) is 0 Å². The molecule has 0 aliphatic heterocycles. The minimum absolute atomic E-state index is 0.0439. The van der Waals surface area contributed by atoms with E-state index >= 15 is 0 Å². The third-order valence-corrected chi connectivity index (χ3v) is 4.51. The molecule has 0 amide bonds. The molecule has 0 fully saturated rings. The number of thioether (sulfide) groups is 1. The van der Waals surface area contributed by atoms with E-state index in [1.54, 1.807) is 24.5 Å². The molecule has 0 radical (unpaired) electrons. The van der Waals surface area contributed by atoms with E-state index in [0.29, 0.717) is 21.4 Å². The van der Waals surface area contributed by atoms with Crippen molar-refractivity contribution in [2.45, 2.75) is 0 Å². The third kappa shape index (κ3) is 2.76. The fourth-order valence-electron chi connectivity index (χ4n) is 2.31. The number of aromatic nitrogens is 2. The molecular formula is C16H12ClN3O3S. The number of nitrogens with zero attached hydrogens (tertiary/aromatic N) is 2. The van der Waals surface area contributed by atoms with Gasteiger partial charge in [0.25, 0.3) is 0 Å². The highest BCUT2D eigenvalue weighted by Gasteiger charge is 2.34. The number of Topliss-reactive ketones (excluding diaryl/α,β-unsaturated/α-hetero) is 2. The standard InChI is InChI=1S/C16H12ClN3O3S/c1-23-10-4-3-8(7-9(10)17)20-13-14(21)11-12(19-6-5-18-11)15(22)16(13)24-2/h3-7,20H,1-2H3. The van der Waals surface area contributed by atoms with Gasteiger partial charge in [-0.3, -0.25) is 9.59 Å². The van der Waals surface area contributed by atoms with Crippen molar-refractivity contribution in [1.29, 1.82) is 0 Å². The van der Waals surface area contributed by atoms with Gasteiger partial charge in [0.2, 0.25) is 11.6 Å². The Balaban J connectivity index is 2.04. The fourth-order valence-corrected chi connectivity index (χ4v) is 3.20. The van der Waals surface area contributed by atoms with Gasteiger partial charge in [-0.1, -0.05) is 11.6 Å². The van der Waals surface area contributed by atoms with Gasteiger partial charge in [-0.05, 0) is 24.5 Å². The van der Waals surface area contributed by atoms with Crippen molar-refractivity contribution in [3.05, 3.63) is 57.6 Å². The highest BCUT2D eigenvalue weighted by molar-refractivity contribution is 8.03. The van der Waals surface area contributed by atoms with Crippen LogP contribution in [0.3, 0.4) is 0 Å². The first kappa shape index (κ1) is 16.5. The lowest BCUT2D eigenvalue weighted by atomic mass is 10.0. The minimum atomic E-state index is -0.381. The Kier molecular flexibility index (Phi) is 4.55. The van der Waals surface area contributed by atoms with Crippen LogP contribution in [0.1, 0.15) is 21.0 Å². The smallest absolute Gasteiger partial charge is 0.231 e. The number of methoxy groups -OCH3 is 1. The van der Waals surface area contributed by atoms with Gasteiger partial charge in [0.15, 0.2) is 0 Å². The van der Waals surface area contributed by atoms with Crippen LogP contribution in [0.2, 0.25) is 5.02 Å².